The minimum absolute atomic E-state index is 0.506. The van der Waals surface area contributed by atoms with Gasteiger partial charge < -0.3 is 10.2 Å². The highest BCUT2D eigenvalue weighted by Gasteiger charge is 2.33. The van der Waals surface area contributed by atoms with Gasteiger partial charge in [-0.1, -0.05) is 20.8 Å². The fourth-order valence-electron chi connectivity index (χ4n) is 2.34. The Morgan fingerprint density at radius 2 is 2.17 bits per heavy atom. The Hall–Kier alpha value is -0.610. The normalized spacial score (nSPS) is 22.6. The number of aromatic nitrogens is 1. The highest BCUT2D eigenvalue weighted by Crippen LogP contribution is 2.39. The second-order valence-electron chi connectivity index (χ2n) is 5.84. The van der Waals surface area contributed by atoms with Crippen LogP contribution in [0.3, 0.4) is 0 Å². The van der Waals surface area contributed by atoms with Gasteiger partial charge >= 0.3 is 0 Å². The van der Waals surface area contributed by atoms with E-state index in [4.69, 9.17) is 4.98 Å². The number of thiazole rings is 1. The van der Waals surface area contributed by atoms with Crippen molar-refractivity contribution in [1.29, 1.82) is 0 Å². The van der Waals surface area contributed by atoms with Crippen LogP contribution in [-0.2, 0) is 6.54 Å². The third-order valence-electron chi connectivity index (χ3n) is 3.71. The van der Waals surface area contributed by atoms with Crippen LogP contribution in [0.15, 0.2) is 0 Å². The molecule has 0 aliphatic heterocycles. The van der Waals surface area contributed by atoms with Crippen LogP contribution in [-0.4, -0.2) is 25.6 Å². The number of anilines is 1. The molecule has 0 saturated heterocycles. The molecule has 0 aromatic carbocycles. The predicted octanol–water partition coefficient (Wildman–Crippen LogP) is 3.08. The highest BCUT2D eigenvalue weighted by molar-refractivity contribution is 7.15. The Kier molecular flexibility index (Phi) is 4.28. The summed E-state index contributed by atoms with van der Waals surface area (Å²) < 4.78 is 0. The Bertz CT molecular complexity index is 400. The quantitative estimate of drug-likeness (QED) is 0.858. The van der Waals surface area contributed by atoms with Gasteiger partial charge in [-0.25, -0.2) is 4.98 Å². The number of nitrogens with zero attached hydrogens (tertiary/aromatic N) is 2. The van der Waals surface area contributed by atoms with Crippen molar-refractivity contribution in [2.75, 3.05) is 25.5 Å². The fourth-order valence-corrected chi connectivity index (χ4v) is 3.53. The van der Waals surface area contributed by atoms with Crippen molar-refractivity contribution in [3.05, 3.63) is 10.6 Å². The molecule has 1 aromatic heterocycles. The van der Waals surface area contributed by atoms with Crippen LogP contribution in [0.1, 0.15) is 43.7 Å². The molecule has 2 rings (SSSR count). The van der Waals surface area contributed by atoms with Crippen LogP contribution in [0.4, 0.5) is 5.13 Å². The van der Waals surface area contributed by atoms with Crippen molar-refractivity contribution in [2.45, 2.75) is 39.7 Å². The van der Waals surface area contributed by atoms with E-state index in [1.54, 1.807) is 0 Å². The van der Waals surface area contributed by atoms with Gasteiger partial charge in [0.1, 0.15) is 0 Å². The molecule has 1 aromatic rings. The highest BCUT2D eigenvalue weighted by atomic mass is 32.1. The summed E-state index contributed by atoms with van der Waals surface area (Å²) in [7, 11) is 4.18. The first-order valence-corrected chi connectivity index (χ1v) is 7.69. The summed E-state index contributed by atoms with van der Waals surface area (Å²) in [6.07, 6.45) is 1.39. The summed E-state index contributed by atoms with van der Waals surface area (Å²) in [5, 5.41) is 4.43. The van der Waals surface area contributed by atoms with Crippen molar-refractivity contribution in [1.82, 2.24) is 10.3 Å². The van der Waals surface area contributed by atoms with Crippen LogP contribution >= 0.6 is 11.3 Å². The van der Waals surface area contributed by atoms with E-state index in [0.717, 1.165) is 24.9 Å². The van der Waals surface area contributed by atoms with Crippen LogP contribution in [0.25, 0.3) is 0 Å². The molecular weight excluding hydrogens is 242 g/mol. The summed E-state index contributed by atoms with van der Waals surface area (Å²) in [4.78, 5) is 8.56. The lowest BCUT2D eigenvalue weighted by atomic mass is 10.1. The minimum Gasteiger partial charge on any atom is -0.351 e. The van der Waals surface area contributed by atoms with E-state index in [-0.39, 0.29) is 0 Å². The van der Waals surface area contributed by atoms with Gasteiger partial charge in [0.25, 0.3) is 0 Å². The van der Waals surface area contributed by atoms with Crippen molar-refractivity contribution in [3.8, 4) is 0 Å². The lowest BCUT2D eigenvalue weighted by Crippen LogP contribution is -2.20. The molecule has 2 atom stereocenters. The minimum atomic E-state index is 0.506. The van der Waals surface area contributed by atoms with Gasteiger partial charge in [-0.3, -0.25) is 0 Å². The second-order valence-corrected chi connectivity index (χ2v) is 6.91. The largest absolute Gasteiger partial charge is 0.351 e. The Labute approximate surface area is 115 Å². The molecule has 1 saturated carbocycles. The summed E-state index contributed by atoms with van der Waals surface area (Å²) in [6, 6.07) is 0. The number of rotatable bonds is 6. The van der Waals surface area contributed by atoms with E-state index in [9.17, 15) is 0 Å². The first kappa shape index (κ1) is 13.8. The second kappa shape index (κ2) is 5.57. The monoisotopic (exact) mass is 267 g/mol. The smallest absolute Gasteiger partial charge is 0.185 e. The Morgan fingerprint density at radius 1 is 1.50 bits per heavy atom. The SMILES string of the molecule is CNCc1sc(N(C)CC2CC2C)nc1C(C)C. The van der Waals surface area contributed by atoms with Gasteiger partial charge in [0.2, 0.25) is 0 Å². The zero-order chi connectivity index (χ0) is 13.3. The van der Waals surface area contributed by atoms with Gasteiger partial charge in [0, 0.05) is 25.0 Å². The third kappa shape index (κ3) is 3.04. The molecule has 1 aliphatic rings. The summed E-state index contributed by atoms with van der Waals surface area (Å²) in [5.41, 5.74) is 1.26. The maximum absolute atomic E-state index is 4.84. The lowest BCUT2D eigenvalue weighted by molar-refractivity contribution is 0.719. The molecule has 1 aliphatic carbocycles. The molecule has 1 N–H and O–H groups in total. The van der Waals surface area contributed by atoms with Gasteiger partial charge in [-0.05, 0) is 31.2 Å². The molecule has 2 unspecified atom stereocenters. The topological polar surface area (TPSA) is 28.2 Å². The lowest BCUT2D eigenvalue weighted by Gasteiger charge is -2.15. The molecule has 4 heteroatoms. The average Bonchev–Trinajstić information content (AvgIpc) is 2.83. The van der Waals surface area contributed by atoms with Crippen molar-refractivity contribution < 1.29 is 0 Å². The maximum atomic E-state index is 4.84. The van der Waals surface area contributed by atoms with E-state index in [1.165, 1.54) is 22.1 Å². The molecule has 1 fully saturated rings. The molecule has 0 radical (unpaired) electrons. The summed E-state index contributed by atoms with van der Waals surface area (Å²) >= 11 is 1.84. The Morgan fingerprint density at radius 3 is 2.67 bits per heavy atom. The van der Waals surface area contributed by atoms with E-state index < -0.39 is 0 Å². The molecule has 18 heavy (non-hydrogen) atoms. The molecule has 0 amide bonds. The molecule has 102 valence electrons. The van der Waals surface area contributed by atoms with Crippen LogP contribution in [0, 0.1) is 11.8 Å². The first-order valence-electron chi connectivity index (χ1n) is 6.88. The standard InChI is InChI=1S/C14H25N3S/c1-9(2)13-12(7-15-4)18-14(16-13)17(5)8-11-6-10(11)3/h9-11,15H,6-8H2,1-5H3. The van der Waals surface area contributed by atoms with Crippen LogP contribution in [0.5, 0.6) is 0 Å². The summed E-state index contributed by atoms with van der Waals surface area (Å²) in [6.45, 7) is 8.87. The van der Waals surface area contributed by atoms with E-state index >= 15 is 0 Å². The van der Waals surface area contributed by atoms with Crippen molar-refractivity contribution >= 4 is 16.5 Å². The fraction of sp³-hybridized carbons (Fsp3) is 0.786. The summed E-state index contributed by atoms with van der Waals surface area (Å²) in [5.74, 6) is 2.30. The predicted molar refractivity (Wildman–Crippen MR) is 79.5 cm³/mol. The van der Waals surface area contributed by atoms with Gasteiger partial charge in [0.15, 0.2) is 5.13 Å². The maximum Gasteiger partial charge on any atom is 0.185 e. The van der Waals surface area contributed by atoms with Crippen LogP contribution < -0.4 is 10.2 Å². The van der Waals surface area contributed by atoms with Crippen molar-refractivity contribution in [2.24, 2.45) is 11.8 Å². The number of hydrogen-bond acceptors (Lipinski definition) is 4. The Balaban J connectivity index is 2.09. The number of nitrogens with one attached hydrogen (secondary N) is 1. The van der Waals surface area contributed by atoms with Gasteiger partial charge in [-0.2, -0.15) is 0 Å². The van der Waals surface area contributed by atoms with Crippen molar-refractivity contribution in [3.63, 3.8) is 0 Å². The molecule has 0 spiro atoms. The zero-order valence-corrected chi connectivity index (χ0v) is 13.0. The molecule has 3 nitrogen and oxygen atoms in total. The van der Waals surface area contributed by atoms with E-state index in [1.807, 2.05) is 18.4 Å². The molecule has 1 heterocycles. The molecular formula is C14H25N3S. The van der Waals surface area contributed by atoms with Gasteiger partial charge in [0.05, 0.1) is 5.69 Å². The zero-order valence-electron chi connectivity index (χ0n) is 12.2. The van der Waals surface area contributed by atoms with E-state index in [2.05, 4.69) is 38.0 Å². The van der Waals surface area contributed by atoms with Crippen LogP contribution in [0.2, 0.25) is 0 Å². The van der Waals surface area contributed by atoms with Gasteiger partial charge in [-0.15, -0.1) is 11.3 Å². The van der Waals surface area contributed by atoms with E-state index in [0.29, 0.717) is 5.92 Å². The molecule has 0 bridgehead atoms. The average molecular weight is 267 g/mol. The number of hydrogen-bond donors (Lipinski definition) is 1. The third-order valence-corrected chi connectivity index (χ3v) is 4.90. The first-order chi connectivity index (χ1) is 8.52.